The Balaban J connectivity index is 1.82. The molecule has 12 heteroatoms. The fourth-order valence-corrected chi connectivity index (χ4v) is 3.75. The van der Waals surface area contributed by atoms with Crippen LogP contribution in [0.5, 0.6) is 11.5 Å². The van der Waals surface area contributed by atoms with Gasteiger partial charge in [0.1, 0.15) is 6.33 Å². The zero-order valence-electron chi connectivity index (χ0n) is 18.9. The Kier molecular flexibility index (Phi) is 7.90. The molecule has 3 rings (SSSR count). The van der Waals surface area contributed by atoms with Crippen LogP contribution in [0.1, 0.15) is 30.6 Å². The second kappa shape index (κ2) is 10.7. The van der Waals surface area contributed by atoms with Gasteiger partial charge < -0.3 is 14.4 Å². The quantitative estimate of drug-likeness (QED) is 0.408. The second-order valence-electron chi connectivity index (χ2n) is 7.88. The molecule has 184 valence electrons. The number of amides is 1. The Hall–Kier alpha value is -3.44. The zero-order chi connectivity index (χ0) is 25.0. The number of alkyl halides is 4. The number of piperidine rings is 1. The molecule has 1 aliphatic heterocycles. The summed E-state index contributed by atoms with van der Waals surface area (Å²) < 4.78 is 62.1. The molecule has 1 saturated heterocycles. The van der Waals surface area contributed by atoms with E-state index >= 15 is 0 Å². The van der Waals surface area contributed by atoms with Gasteiger partial charge in [-0.2, -0.15) is 18.9 Å². The van der Waals surface area contributed by atoms with Crippen molar-refractivity contribution in [2.24, 2.45) is 16.8 Å². The summed E-state index contributed by atoms with van der Waals surface area (Å²) in [7, 11) is 1.31. The van der Waals surface area contributed by atoms with Crippen molar-refractivity contribution in [1.82, 2.24) is 19.7 Å². The molecule has 0 aliphatic carbocycles. The van der Waals surface area contributed by atoms with Gasteiger partial charge in [-0.15, -0.1) is 0 Å². The minimum Gasteiger partial charge on any atom is -0.493 e. The molecular weight excluding hydrogens is 458 g/mol. The van der Waals surface area contributed by atoms with Gasteiger partial charge in [0.15, 0.2) is 11.5 Å². The lowest BCUT2D eigenvalue weighted by Gasteiger charge is -2.38. The van der Waals surface area contributed by atoms with Crippen LogP contribution in [0.2, 0.25) is 0 Å². The van der Waals surface area contributed by atoms with Crippen molar-refractivity contribution in [2.75, 3.05) is 20.2 Å². The third-order valence-electron chi connectivity index (χ3n) is 5.69. The van der Waals surface area contributed by atoms with E-state index in [-0.39, 0.29) is 47.3 Å². The zero-order valence-corrected chi connectivity index (χ0v) is 18.9. The van der Waals surface area contributed by atoms with E-state index in [1.54, 1.807) is 4.90 Å². The van der Waals surface area contributed by atoms with Crippen molar-refractivity contribution in [2.45, 2.75) is 33.3 Å². The van der Waals surface area contributed by atoms with Crippen molar-refractivity contribution in [1.29, 1.82) is 0 Å². The summed E-state index contributed by atoms with van der Waals surface area (Å²) in [5.41, 5.74) is 0.214. The number of nitrogens with zero attached hydrogens (tertiary/aromatic N) is 5. The SMILES string of the molecule is C=C([C@@H]1CN(C(=O)c2ccc(OC)c(OC(F)F)c2)CC[C@H]1C)n1ncnc1/N=C(\C)C(F)F. The number of rotatable bonds is 8. The molecule has 2 aromatic rings. The van der Waals surface area contributed by atoms with Crippen LogP contribution < -0.4 is 9.47 Å². The molecule has 0 bridgehead atoms. The van der Waals surface area contributed by atoms with Gasteiger partial charge in [0.2, 0.25) is 0 Å². The van der Waals surface area contributed by atoms with Crippen LogP contribution in [0.15, 0.2) is 36.1 Å². The van der Waals surface area contributed by atoms with Crippen molar-refractivity contribution in [3.8, 4) is 11.5 Å². The predicted octanol–water partition coefficient (Wildman–Crippen LogP) is 4.51. The van der Waals surface area contributed by atoms with Crippen LogP contribution in [0.25, 0.3) is 5.70 Å². The second-order valence-corrected chi connectivity index (χ2v) is 7.88. The number of hydrogen-bond donors (Lipinski definition) is 0. The number of carbonyl (C=O) groups is 1. The Morgan fingerprint density at radius 1 is 1.26 bits per heavy atom. The van der Waals surface area contributed by atoms with Crippen molar-refractivity contribution in [3.63, 3.8) is 0 Å². The fraction of sp³-hybridized carbons (Fsp3) is 0.455. The monoisotopic (exact) mass is 483 g/mol. The number of carbonyl (C=O) groups excluding carboxylic acids is 1. The first-order valence-electron chi connectivity index (χ1n) is 10.5. The minimum absolute atomic E-state index is 0.0256. The van der Waals surface area contributed by atoms with Gasteiger partial charge in [0.25, 0.3) is 18.3 Å². The smallest absolute Gasteiger partial charge is 0.387 e. The lowest BCUT2D eigenvalue weighted by atomic mass is 9.84. The Labute approximate surface area is 193 Å². The molecular formula is C22H25F4N5O3. The van der Waals surface area contributed by atoms with Crippen molar-refractivity contribution >= 4 is 23.3 Å². The van der Waals surface area contributed by atoms with E-state index in [1.807, 2.05) is 6.92 Å². The molecule has 1 amide bonds. The number of hydrogen-bond acceptors (Lipinski definition) is 6. The standard InChI is InChI=1S/C22H25F4N5O3/c1-12-7-8-30(20(32)15-5-6-17(33-4)18(9-15)34-21(25)26)10-16(12)14(3)31-22(27-11-28-31)29-13(2)19(23)24/h5-6,9,11-12,16,19,21H,3,7-8,10H2,1-2,4H3/b29-13+/t12-,16-/m1/s1. The summed E-state index contributed by atoms with van der Waals surface area (Å²) in [6.07, 6.45) is -0.903. The maximum Gasteiger partial charge on any atom is 0.387 e. The number of aromatic nitrogens is 3. The van der Waals surface area contributed by atoms with Gasteiger partial charge in [0, 0.05) is 30.3 Å². The van der Waals surface area contributed by atoms with E-state index in [9.17, 15) is 22.4 Å². The van der Waals surface area contributed by atoms with Crippen molar-refractivity contribution in [3.05, 3.63) is 36.7 Å². The predicted molar refractivity (Wildman–Crippen MR) is 117 cm³/mol. The molecule has 2 heterocycles. The maximum absolute atomic E-state index is 13.2. The number of ether oxygens (including phenoxy) is 2. The normalized spacial score (nSPS) is 19.0. The summed E-state index contributed by atoms with van der Waals surface area (Å²) in [5.74, 6) is -0.736. The average molecular weight is 483 g/mol. The van der Waals surface area contributed by atoms with Crippen LogP contribution in [0, 0.1) is 11.8 Å². The van der Waals surface area contributed by atoms with E-state index in [1.165, 1.54) is 43.2 Å². The third-order valence-corrected chi connectivity index (χ3v) is 5.69. The summed E-state index contributed by atoms with van der Waals surface area (Å²) in [6, 6.07) is 4.07. The number of benzene rings is 1. The highest BCUT2D eigenvalue weighted by molar-refractivity contribution is 5.95. The Morgan fingerprint density at radius 3 is 2.65 bits per heavy atom. The van der Waals surface area contributed by atoms with E-state index in [4.69, 9.17) is 4.74 Å². The lowest BCUT2D eigenvalue weighted by Crippen LogP contribution is -2.44. The Morgan fingerprint density at radius 2 is 2.00 bits per heavy atom. The minimum atomic E-state index is -3.07. The summed E-state index contributed by atoms with van der Waals surface area (Å²) in [4.78, 5) is 22.5. The highest BCUT2D eigenvalue weighted by atomic mass is 19.3. The van der Waals surface area contributed by atoms with Gasteiger partial charge >= 0.3 is 6.61 Å². The summed E-state index contributed by atoms with van der Waals surface area (Å²) >= 11 is 0. The summed E-state index contributed by atoms with van der Waals surface area (Å²) in [5, 5.41) is 4.07. The Bertz CT molecular complexity index is 1070. The number of halogens is 4. The first-order chi connectivity index (χ1) is 16.1. The van der Waals surface area contributed by atoms with Gasteiger partial charge in [0.05, 0.1) is 12.8 Å². The molecule has 0 saturated carbocycles. The molecule has 2 atom stereocenters. The van der Waals surface area contributed by atoms with Crippen LogP contribution >= 0.6 is 0 Å². The molecule has 1 aromatic carbocycles. The molecule has 1 fully saturated rings. The largest absolute Gasteiger partial charge is 0.493 e. The van der Waals surface area contributed by atoms with Gasteiger partial charge in [-0.3, -0.25) is 4.79 Å². The molecule has 1 aliphatic rings. The van der Waals surface area contributed by atoms with Crippen molar-refractivity contribution < 1.29 is 31.8 Å². The van der Waals surface area contributed by atoms with E-state index in [0.717, 1.165) is 0 Å². The topological polar surface area (TPSA) is 81.8 Å². The van der Waals surface area contributed by atoms with Crippen LogP contribution in [0.4, 0.5) is 23.5 Å². The van der Waals surface area contributed by atoms with Crippen LogP contribution in [0.3, 0.4) is 0 Å². The number of methoxy groups -OCH3 is 1. The van der Waals surface area contributed by atoms with Gasteiger partial charge in [-0.1, -0.05) is 13.5 Å². The molecule has 0 radical (unpaired) electrons. The van der Waals surface area contributed by atoms with E-state index < -0.39 is 18.7 Å². The highest BCUT2D eigenvalue weighted by Gasteiger charge is 2.33. The number of likely N-dealkylation sites (tertiary alicyclic amines) is 1. The molecule has 34 heavy (non-hydrogen) atoms. The van der Waals surface area contributed by atoms with E-state index in [0.29, 0.717) is 18.7 Å². The third kappa shape index (κ3) is 5.54. The van der Waals surface area contributed by atoms with Crippen LogP contribution in [-0.4, -0.2) is 64.5 Å². The number of aliphatic imine (C=N–C) groups is 1. The fourth-order valence-electron chi connectivity index (χ4n) is 3.75. The molecule has 1 aromatic heterocycles. The van der Waals surface area contributed by atoms with Gasteiger partial charge in [-0.25, -0.2) is 18.5 Å². The average Bonchev–Trinajstić information content (AvgIpc) is 3.26. The van der Waals surface area contributed by atoms with Gasteiger partial charge in [-0.05, 0) is 37.5 Å². The first kappa shape index (κ1) is 25.2. The van der Waals surface area contributed by atoms with E-state index in [2.05, 4.69) is 26.4 Å². The summed E-state index contributed by atoms with van der Waals surface area (Å²) in [6.45, 7) is 4.87. The molecule has 0 N–H and O–H groups in total. The lowest BCUT2D eigenvalue weighted by molar-refractivity contribution is -0.0512. The maximum atomic E-state index is 13.2. The first-order valence-corrected chi connectivity index (χ1v) is 10.5. The molecule has 8 nitrogen and oxygen atoms in total. The van der Waals surface area contributed by atoms with Crippen LogP contribution in [-0.2, 0) is 0 Å². The molecule has 0 spiro atoms. The highest BCUT2D eigenvalue weighted by Crippen LogP contribution is 2.34. The molecule has 0 unspecified atom stereocenters.